The maximum atomic E-state index is 14.7. The Balaban J connectivity index is 1.74. The molecule has 0 atom stereocenters. The molecule has 0 unspecified atom stereocenters. The van der Waals surface area contributed by atoms with Gasteiger partial charge in [0, 0.05) is 37.5 Å². The van der Waals surface area contributed by atoms with Crippen LogP contribution in [0.25, 0.3) is 0 Å². The molecule has 3 aromatic rings. The fourth-order valence-electron chi connectivity index (χ4n) is 4.08. The van der Waals surface area contributed by atoms with E-state index in [2.05, 4.69) is 4.74 Å². The number of sulfone groups is 1. The summed E-state index contributed by atoms with van der Waals surface area (Å²) in [6, 6.07) is 14.4. The number of benzene rings is 3. The van der Waals surface area contributed by atoms with E-state index in [0.29, 0.717) is 25.5 Å². The van der Waals surface area contributed by atoms with Gasteiger partial charge < -0.3 is 9.47 Å². The van der Waals surface area contributed by atoms with E-state index in [9.17, 15) is 35.2 Å². The molecule has 40 heavy (non-hydrogen) atoms. The Morgan fingerprint density at radius 3 is 2.30 bits per heavy atom. The number of rotatable bonds is 12. The van der Waals surface area contributed by atoms with Gasteiger partial charge in [-0.3, -0.25) is 4.90 Å². The second-order valence-corrected chi connectivity index (χ2v) is 11.0. The summed E-state index contributed by atoms with van der Waals surface area (Å²) in [4.78, 5) is 13.1. The molecule has 0 saturated heterocycles. The van der Waals surface area contributed by atoms with Crippen molar-refractivity contribution in [1.82, 2.24) is 4.90 Å². The third-order valence-electron chi connectivity index (χ3n) is 6.04. The number of hydrogen-bond donors (Lipinski definition) is 0. The fourth-order valence-corrected chi connectivity index (χ4v) is 4.96. The first-order chi connectivity index (χ1) is 18.8. The van der Waals surface area contributed by atoms with Crippen LogP contribution in [0.2, 0.25) is 0 Å². The van der Waals surface area contributed by atoms with Gasteiger partial charge in [0.2, 0.25) is 0 Å². The third kappa shape index (κ3) is 8.25. The lowest BCUT2D eigenvalue weighted by Gasteiger charge is -2.23. The van der Waals surface area contributed by atoms with Crippen LogP contribution in [0.15, 0.2) is 65.6 Å². The second kappa shape index (κ2) is 13.2. The molecule has 12 heteroatoms. The van der Waals surface area contributed by atoms with Crippen molar-refractivity contribution in [3.05, 3.63) is 94.6 Å². The molecule has 0 aliphatic heterocycles. The lowest BCUT2D eigenvalue weighted by Crippen LogP contribution is -2.28. The van der Waals surface area contributed by atoms with Crippen LogP contribution in [-0.2, 0) is 33.7 Å². The highest BCUT2D eigenvalue weighted by Gasteiger charge is 2.35. The SMILES string of the molecule is COC(=O)c1c(F)cc(OCCCN(CCc2ccccc2)Cc2cccc(C(F)(F)F)c2F)cc1S(C)(=O)=O. The van der Waals surface area contributed by atoms with E-state index >= 15 is 0 Å². The number of carbonyl (C=O) groups excluding carboxylic acids is 1. The van der Waals surface area contributed by atoms with E-state index in [1.807, 2.05) is 30.3 Å². The number of alkyl halides is 3. The number of nitrogens with zero attached hydrogens (tertiary/aromatic N) is 1. The Labute approximate surface area is 229 Å². The zero-order valence-corrected chi connectivity index (χ0v) is 22.6. The van der Waals surface area contributed by atoms with Gasteiger partial charge in [-0.25, -0.2) is 22.0 Å². The van der Waals surface area contributed by atoms with E-state index in [1.165, 1.54) is 6.07 Å². The van der Waals surface area contributed by atoms with Crippen LogP contribution in [0, 0.1) is 11.6 Å². The first kappa shape index (κ1) is 31.0. The van der Waals surface area contributed by atoms with E-state index < -0.39 is 49.6 Å². The van der Waals surface area contributed by atoms with Crippen LogP contribution in [0.3, 0.4) is 0 Å². The van der Waals surface area contributed by atoms with E-state index in [1.54, 1.807) is 4.90 Å². The Kier molecular flexibility index (Phi) is 10.3. The first-order valence-electron chi connectivity index (χ1n) is 12.2. The molecule has 0 spiro atoms. The minimum absolute atomic E-state index is 0.0207. The maximum Gasteiger partial charge on any atom is 0.419 e. The lowest BCUT2D eigenvalue weighted by atomic mass is 10.1. The van der Waals surface area contributed by atoms with Crippen LogP contribution in [-0.4, -0.2) is 52.3 Å². The van der Waals surface area contributed by atoms with Crippen molar-refractivity contribution < 1.29 is 44.6 Å². The van der Waals surface area contributed by atoms with Gasteiger partial charge in [0.15, 0.2) is 9.84 Å². The quantitative estimate of drug-likeness (QED) is 0.155. The number of methoxy groups -OCH3 is 1. The summed E-state index contributed by atoms with van der Waals surface area (Å²) in [5.74, 6) is -3.74. The van der Waals surface area contributed by atoms with Crippen LogP contribution in [0.1, 0.15) is 33.5 Å². The Bertz CT molecular complexity index is 1430. The minimum Gasteiger partial charge on any atom is -0.493 e. The average molecular weight is 586 g/mol. The summed E-state index contributed by atoms with van der Waals surface area (Å²) in [6.07, 6.45) is -3.16. The zero-order chi connectivity index (χ0) is 29.5. The Morgan fingerprint density at radius 2 is 1.68 bits per heavy atom. The first-order valence-corrected chi connectivity index (χ1v) is 14.1. The highest BCUT2D eigenvalue weighted by molar-refractivity contribution is 7.90. The fraction of sp³-hybridized carbons (Fsp3) is 0.321. The van der Waals surface area contributed by atoms with Gasteiger partial charge in [-0.05, 0) is 30.5 Å². The van der Waals surface area contributed by atoms with Gasteiger partial charge >= 0.3 is 12.1 Å². The zero-order valence-electron chi connectivity index (χ0n) is 21.8. The lowest BCUT2D eigenvalue weighted by molar-refractivity contribution is -0.140. The molecule has 0 heterocycles. The van der Waals surface area contributed by atoms with Crippen LogP contribution in [0.5, 0.6) is 5.75 Å². The molecule has 6 nitrogen and oxygen atoms in total. The summed E-state index contributed by atoms with van der Waals surface area (Å²) in [5.41, 5.74) is -1.19. The van der Waals surface area contributed by atoms with E-state index in [-0.39, 0.29) is 31.0 Å². The van der Waals surface area contributed by atoms with Crippen molar-refractivity contribution in [2.24, 2.45) is 0 Å². The monoisotopic (exact) mass is 585 g/mol. The van der Waals surface area contributed by atoms with Crippen molar-refractivity contribution in [2.45, 2.75) is 30.5 Å². The van der Waals surface area contributed by atoms with Crippen LogP contribution in [0.4, 0.5) is 22.0 Å². The molecule has 216 valence electrons. The number of halogens is 5. The molecule has 0 amide bonds. The summed E-state index contributed by atoms with van der Waals surface area (Å²) < 4.78 is 103. The van der Waals surface area contributed by atoms with Gasteiger partial charge in [0.25, 0.3) is 0 Å². The molecule has 0 aliphatic rings. The van der Waals surface area contributed by atoms with Crippen molar-refractivity contribution >= 4 is 15.8 Å². The molecular formula is C28H28F5NO5S. The molecule has 0 fully saturated rings. The number of carbonyl (C=O) groups is 1. The summed E-state index contributed by atoms with van der Waals surface area (Å²) in [6.45, 7) is 0.570. The molecular weight excluding hydrogens is 557 g/mol. The topological polar surface area (TPSA) is 72.9 Å². The van der Waals surface area contributed by atoms with Gasteiger partial charge in [0.05, 0.1) is 24.2 Å². The molecule has 0 aliphatic carbocycles. The average Bonchev–Trinajstić information content (AvgIpc) is 2.89. The molecule has 0 N–H and O–H groups in total. The predicted molar refractivity (Wildman–Crippen MR) is 138 cm³/mol. The van der Waals surface area contributed by atoms with Crippen molar-refractivity contribution in [2.75, 3.05) is 33.1 Å². The van der Waals surface area contributed by atoms with Crippen molar-refractivity contribution in [3.63, 3.8) is 0 Å². The highest BCUT2D eigenvalue weighted by Crippen LogP contribution is 2.33. The molecule has 3 aromatic carbocycles. The van der Waals surface area contributed by atoms with E-state index in [0.717, 1.165) is 37.1 Å². The minimum atomic E-state index is -4.83. The maximum absolute atomic E-state index is 14.7. The smallest absolute Gasteiger partial charge is 0.419 e. The largest absolute Gasteiger partial charge is 0.493 e. The summed E-state index contributed by atoms with van der Waals surface area (Å²) >= 11 is 0. The van der Waals surface area contributed by atoms with Gasteiger partial charge in [-0.1, -0.05) is 42.5 Å². The summed E-state index contributed by atoms with van der Waals surface area (Å²) in [7, 11) is -3.02. The number of hydrogen-bond acceptors (Lipinski definition) is 6. The van der Waals surface area contributed by atoms with Crippen LogP contribution < -0.4 is 4.74 Å². The Morgan fingerprint density at radius 1 is 0.975 bits per heavy atom. The summed E-state index contributed by atoms with van der Waals surface area (Å²) in [5, 5.41) is 0. The second-order valence-electron chi connectivity index (χ2n) is 9.03. The van der Waals surface area contributed by atoms with Crippen molar-refractivity contribution in [3.8, 4) is 5.75 Å². The van der Waals surface area contributed by atoms with Crippen molar-refractivity contribution in [1.29, 1.82) is 0 Å². The molecule has 0 aromatic heterocycles. The van der Waals surface area contributed by atoms with Gasteiger partial charge in [0.1, 0.15) is 22.9 Å². The van der Waals surface area contributed by atoms with Crippen LogP contribution >= 0.6 is 0 Å². The number of ether oxygens (including phenoxy) is 2. The normalized spacial score (nSPS) is 12.0. The number of esters is 1. The predicted octanol–water partition coefficient (Wildman–Crippen LogP) is 5.69. The van der Waals surface area contributed by atoms with Gasteiger partial charge in [-0.2, -0.15) is 13.2 Å². The molecule has 3 rings (SSSR count). The van der Waals surface area contributed by atoms with E-state index in [4.69, 9.17) is 4.74 Å². The molecule has 0 radical (unpaired) electrons. The third-order valence-corrected chi connectivity index (χ3v) is 7.16. The molecule has 0 saturated carbocycles. The van der Waals surface area contributed by atoms with Gasteiger partial charge in [-0.15, -0.1) is 0 Å². The molecule has 0 bridgehead atoms. The highest BCUT2D eigenvalue weighted by atomic mass is 32.2. The Hall–Kier alpha value is -3.51. The standard InChI is InChI=1S/C28H28F5NO5S/c1-38-27(35)25-23(29)16-21(17-24(25)40(2,36)37)39-15-7-13-34(14-12-19-8-4-3-5-9-19)18-20-10-6-11-22(26(20)30)28(31,32)33/h3-6,8-11,16-17H,7,12-15,18H2,1-2H3.